The van der Waals surface area contributed by atoms with Crippen LogP contribution in [0.25, 0.3) is 11.3 Å². The largest absolute Gasteiger partial charge is 0.472 e. The van der Waals surface area contributed by atoms with Crippen molar-refractivity contribution in [2.24, 2.45) is 12.0 Å². The Morgan fingerprint density at radius 2 is 1.92 bits per heavy atom. The predicted octanol–water partition coefficient (Wildman–Crippen LogP) is 5.31. The van der Waals surface area contributed by atoms with Crippen molar-refractivity contribution in [3.63, 3.8) is 0 Å². The number of hydrogen-bond acceptors (Lipinski definition) is 3. The summed E-state index contributed by atoms with van der Waals surface area (Å²) in [6.07, 6.45) is 1.90. The van der Waals surface area contributed by atoms with Gasteiger partial charge in [-0.2, -0.15) is 5.10 Å². The van der Waals surface area contributed by atoms with Crippen LogP contribution in [0.2, 0.25) is 10.0 Å². The molecule has 0 N–H and O–H groups in total. The third-order valence-corrected chi connectivity index (χ3v) is 4.66. The summed E-state index contributed by atoms with van der Waals surface area (Å²) >= 11 is 12.5. The summed E-state index contributed by atoms with van der Waals surface area (Å²) in [6.45, 7) is 2.42. The average molecular weight is 372 g/mol. The van der Waals surface area contributed by atoms with Crippen LogP contribution >= 0.6 is 23.2 Å². The molecule has 1 aliphatic heterocycles. The molecule has 25 heavy (non-hydrogen) atoms. The van der Waals surface area contributed by atoms with Crippen molar-refractivity contribution >= 4 is 34.8 Å². The zero-order valence-corrected chi connectivity index (χ0v) is 15.3. The van der Waals surface area contributed by atoms with E-state index in [1.807, 2.05) is 56.6 Å². The number of ether oxygens (including phenoxy) is 1. The molecule has 3 aromatic rings. The zero-order valence-electron chi connectivity index (χ0n) is 13.8. The Hall–Kier alpha value is -2.30. The zero-order chi connectivity index (χ0) is 17.6. The van der Waals surface area contributed by atoms with Crippen LogP contribution in [-0.2, 0) is 18.4 Å². The molecule has 0 saturated carbocycles. The number of aliphatic imine (C=N–C) groups is 1. The summed E-state index contributed by atoms with van der Waals surface area (Å²) in [7, 11) is 1.87. The molecule has 0 radical (unpaired) electrons. The number of nitrogens with zero attached hydrogens (tertiary/aromatic N) is 3. The van der Waals surface area contributed by atoms with Gasteiger partial charge in [-0.25, -0.2) is 4.99 Å². The van der Waals surface area contributed by atoms with Gasteiger partial charge in [0, 0.05) is 29.4 Å². The van der Waals surface area contributed by atoms with Crippen LogP contribution in [0.15, 0.2) is 47.6 Å². The fourth-order valence-electron chi connectivity index (χ4n) is 2.99. The second-order valence-corrected chi connectivity index (χ2v) is 6.82. The van der Waals surface area contributed by atoms with Crippen molar-refractivity contribution in [3.05, 3.63) is 69.3 Å². The molecular weight excluding hydrogens is 357 g/mol. The van der Waals surface area contributed by atoms with E-state index in [0.717, 1.165) is 33.6 Å². The van der Waals surface area contributed by atoms with Crippen LogP contribution in [-0.4, -0.2) is 15.7 Å². The van der Waals surface area contributed by atoms with Gasteiger partial charge in [-0.1, -0.05) is 41.4 Å². The normalized spacial score (nSPS) is 13.2. The molecule has 0 unspecified atom stereocenters. The highest BCUT2D eigenvalue weighted by molar-refractivity contribution is 6.33. The monoisotopic (exact) mass is 371 g/mol. The molecule has 2 aromatic carbocycles. The van der Waals surface area contributed by atoms with Gasteiger partial charge in [0.25, 0.3) is 0 Å². The first-order valence-electron chi connectivity index (χ1n) is 7.82. The first-order valence-corrected chi connectivity index (χ1v) is 8.58. The Morgan fingerprint density at radius 1 is 1.12 bits per heavy atom. The molecular formula is C19H15Cl2N3O. The Labute approximate surface area is 155 Å². The minimum absolute atomic E-state index is 0.423. The van der Waals surface area contributed by atoms with E-state index in [0.29, 0.717) is 22.5 Å². The molecule has 1 aliphatic rings. The number of aromatic nitrogens is 2. The van der Waals surface area contributed by atoms with Crippen molar-refractivity contribution in [2.45, 2.75) is 13.5 Å². The van der Waals surface area contributed by atoms with Crippen molar-refractivity contribution < 1.29 is 4.74 Å². The van der Waals surface area contributed by atoms with E-state index < -0.39 is 0 Å². The number of fused-ring (bicyclic) bond motifs is 1. The van der Waals surface area contributed by atoms with Crippen molar-refractivity contribution in [1.82, 2.24) is 9.78 Å². The van der Waals surface area contributed by atoms with Gasteiger partial charge in [-0.3, -0.25) is 4.68 Å². The molecule has 1 aromatic heterocycles. The number of hydrogen-bond donors (Lipinski definition) is 0. The molecule has 4 nitrogen and oxygen atoms in total. The Kier molecular flexibility index (Phi) is 4.02. The van der Waals surface area contributed by atoms with E-state index in [1.165, 1.54) is 0 Å². The van der Waals surface area contributed by atoms with Gasteiger partial charge >= 0.3 is 0 Å². The maximum Gasteiger partial charge on any atom is 0.225 e. The van der Waals surface area contributed by atoms with Crippen molar-refractivity contribution in [2.75, 3.05) is 0 Å². The fraction of sp³-hybridized carbons (Fsp3) is 0.158. The summed E-state index contributed by atoms with van der Waals surface area (Å²) in [5.41, 5.74) is 5.32. The van der Waals surface area contributed by atoms with Gasteiger partial charge in [-0.05, 0) is 30.7 Å². The molecule has 126 valence electrons. The lowest BCUT2D eigenvalue weighted by Gasteiger charge is -2.19. The molecule has 6 heteroatoms. The van der Waals surface area contributed by atoms with Gasteiger partial charge in [0.2, 0.25) is 5.90 Å². The van der Waals surface area contributed by atoms with Crippen LogP contribution in [0.3, 0.4) is 0 Å². The molecule has 0 atom stereocenters. The first-order chi connectivity index (χ1) is 12.0. The van der Waals surface area contributed by atoms with E-state index in [4.69, 9.17) is 32.9 Å². The highest BCUT2D eigenvalue weighted by atomic mass is 35.5. The van der Waals surface area contributed by atoms with Crippen LogP contribution in [0.1, 0.15) is 16.7 Å². The van der Waals surface area contributed by atoms with E-state index >= 15 is 0 Å². The standard InChI is InChI=1S/C19H15Cl2N3O/c1-11-7-13(20)8-12-10-25-19(22-17(11)12)15-9-24(2)23-18(15)14-5-3-4-6-16(14)21/h3-9H,10H2,1-2H3. The van der Waals surface area contributed by atoms with Crippen molar-refractivity contribution in [1.29, 1.82) is 0 Å². The highest BCUT2D eigenvalue weighted by Crippen LogP contribution is 2.35. The lowest BCUT2D eigenvalue weighted by atomic mass is 10.1. The predicted molar refractivity (Wildman–Crippen MR) is 101 cm³/mol. The van der Waals surface area contributed by atoms with Gasteiger partial charge in [0.1, 0.15) is 12.3 Å². The Morgan fingerprint density at radius 3 is 2.72 bits per heavy atom. The molecule has 0 saturated heterocycles. The molecule has 4 rings (SSSR count). The lowest BCUT2D eigenvalue weighted by molar-refractivity contribution is 0.288. The maximum atomic E-state index is 6.36. The average Bonchev–Trinajstić information content (AvgIpc) is 2.96. The Bertz CT molecular complexity index is 1010. The third kappa shape index (κ3) is 2.92. The quantitative estimate of drug-likeness (QED) is 0.612. The molecule has 2 heterocycles. The summed E-state index contributed by atoms with van der Waals surface area (Å²) in [5, 5.41) is 5.89. The Balaban J connectivity index is 1.87. The number of rotatable bonds is 2. The van der Waals surface area contributed by atoms with E-state index in [-0.39, 0.29) is 0 Å². The first kappa shape index (κ1) is 16.2. The van der Waals surface area contributed by atoms with E-state index in [2.05, 4.69) is 5.10 Å². The number of halogens is 2. The third-order valence-electron chi connectivity index (χ3n) is 4.11. The molecule has 0 fully saturated rings. The summed E-state index contributed by atoms with van der Waals surface area (Å²) in [6, 6.07) is 11.4. The second kappa shape index (κ2) is 6.21. The van der Waals surface area contributed by atoms with Crippen molar-refractivity contribution in [3.8, 4) is 11.3 Å². The van der Waals surface area contributed by atoms with Gasteiger partial charge in [0.15, 0.2) is 0 Å². The van der Waals surface area contributed by atoms with E-state index in [1.54, 1.807) is 4.68 Å². The van der Waals surface area contributed by atoms with Gasteiger partial charge in [0.05, 0.1) is 16.3 Å². The topological polar surface area (TPSA) is 39.4 Å². The number of aryl methyl sites for hydroxylation is 2. The lowest BCUT2D eigenvalue weighted by Crippen LogP contribution is -2.12. The fourth-order valence-corrected chi connectivity index (χ4v) is 3.51. The van der Waals surface area contributed by atoms with Crippen LogP contribution in [0.5, 0.6) is 0 Å². The summed E-state index contributed by atoms with van der Waals surface area (Å²) in [4.78, 5) is 4.72. The van der Waals surface area contributed by atoms with Crippen LogP contribution in [0.4, 0.5) is 5.69 Å². The smallest absolute Gasteiger partial charge is 0.225 e. The molecule has 0 bridgehead atoms. The van der Waals surface area contributed by atoms with Gasteiger partial charge in [-0.15, -0.1) is 0 Å². The van der Waals surface area contributed by atoms with E-state index in [9.17, 15) is 0 Å². The maximum absolute atomic E-state index is 6.36. The molecule has 0 amide bonds. The van der Waals surface area contributed by atoms with Crippen LogP contribution in [0, 0.1) is 6.92 Å². The SMILES string of the molecule is Cc1cc(Cl)cc2c1N=C(c1cn(C)nc1-c1ccccc1Cl)OC2. The summed E-state index contributed by atoms with van der Waals surface area (Å²) < 4.78 is 7.65. The minimum atomic E-state index is 0.423. The molecule has 0 spiro atoms. The number of benzene rings is 2. The van der Waals surface area contributed by atoms with Crippen LogP contribution < -0.4 is 0 Å². The second-order valence-electron chi connectivity index (χ2n) is 5.98. The summed E-state index contributed by atoms with van der Waals surface area (Å²) in [5.74, 6) is 0.543. The highest BCUT2D eigenvalue weighted by Gasteiger charge is 2.23. The van der Waals surface area contributed by atoms with Gasteiger partial charge < -0.3 is 4.74 Å². The minimum Gasteiger partial charge on any atom is -0.472 e. The molecule has 0 aliphatic carbocycles.